The summed E-state index contributed by atoms with van der Waals surface area (Å²) in [5, 5.41) is 6.86. The number of carbonyl (C=O) groups excluding carboxylic acids is 2. The third-order valence-corrected chi connectivity index (χ3v) is 7.65. The Hall–Kier alpha value is -4.24. The Balaban J connectivity index is 1.31. The summed E-state index contributed by atoms with van der Waals surface area (Å²) in [5.74, 6) is 1.07. The van der Waals surface area contributed by atoms with E-state index in [2.05, 4.69) is 64.7 Å². The first kappa shape index (κ1) is 28.3. The molecule has 0 bridgehead atoms. The van der Waals surface area contributed by atoms with Gasteiger partial charge in [0.2, 0.25) is 5.91 Å². The predicted molar refractivity (Wildman–Crippen MR) is 163 cm³/mol. The Kier molecular flexibility index (Phi) is 8.94. The zero-order valence-corrected chi connectivity index (χ0v) is 24.1. The minimum atomic E-state index is -0.0844. The third kappa shape index (κ3) is 6.92. The van der Waals surface area contributed by atoms with Gasteiger partial charge in [0.1, 0.15) is 17.2 Å². The Morgan fingerprint density at radius 3 is 2.32 bits per heavy atom. The molecule has 0 spiro atoms. The standard InChI is InChI=1S/C32H39N7O2/c1-22-20-38(21-23(2)39(22)18-10-13-25-11-6-4-7-12-25)32(41)28-19-27-30(34-17-16-33-24(3)40)36-29(37-31(27)35-28)26-14-8-5-9-15-26/h4-9,11-12,14-15,19,22-23H,10,13,16-18,20-21H2,1-3H3,(H,33,40)(H2,34,35,36,37)/t22-,23+. The Morgan fingerprint density at radius 1 is 0.951 bits per heavy atom. The first-order chi connectivity index (χ1) is 19.9. The molecule has 1 aliphatic rings. The minimum Gasteiger partial charge on any atom is -0.368 e. The molecule has 5 rings (SSSR count). The van der Waals surface area contributed by atoms with Crippen LogP contribution in [-0.2, 0) is 11.2 Å². The van der Waals surface area contributed by atoms with Crippen molar-refractivity contribution in [2.45, 2.75) is 45.7 Å². The van der Waals surface area contributed by atoms with Crippen LogP contribution in [0.5, 0.6) is 0 Å². The maximum absolute atomic E-state index is 13.7. The van der Waals surface area contributed by atoms with Gasteiger partial charge in [0.05, 0.1) is 5.39 Å². The van der Waals surface area contributed by atoms with E-state index >= 15 is 0 Å². The number of benzene rings is 2. The molecular weight excluding hydrogens is 514 g/mol. The van der Waals surface area contributed by atoms with Crippen LogP contribution in [0.3, 0.4) is 0 Å². The van der Waals surface area contributed by atoms with Crippen molar-refractivity contribution >= 4 is 28.7 Å². The summed E-state index contributed by atoms with van der Waals surface area (Å²) >= 11 is 0. The number of hydrogen-bond donors (Lipinski definition) is 3. The average Bonchev–Trinajstić information content (AvgIpc) is 3.41. The molecule has 1 aliphatic heterocycles. The summed E-state index contributed by atoms with van der Waals surface area (Å²) in [6.45, 7) is 9.22. The average molecular weight is 554 g/mol. The Bertz CT molecular complexity index is 1460. The number of H-pyrrole nitrogens is 1. The molecule has 2 atom stereocenters. The summed E-state index contributed by atoms with van der Waals surface area (Å²) in [7, 11) is 0. The second kappa shape index (κ2) is 13.0. The maximum Gasteiger partial charge on any atom is 0.270 e. The van der Waals surface area contributed by atoms with Crippen LogP contribution in [0.4, 0.5) is 5.82 Å². The van der Waals surface area contributed by atoms with Gasteiger partial charge in [-0.15, -0.1) is 0 Å². The van der Waals surface area contributed by atoms with Crippen molar-refractivity contribution in [1.29, 1.82) is 0 Å². The number of aryl methyl sites for hydroxylation is 1. The molecule has 3 N–H and O–H groups in total. The van der Waals surface area contributed by atoms with Crippen molar-refractivity contribution in [2.24, 2.45) is 0 Å². The van der Waals surface area contributed by atoms with Gasteiger partial charge in [-0.05, 0) is 44.9 Å². The van der Waals surface area contributed by atoms with E-state index in [-0.39, 0.29) is 23.9 Å². The summed E-state index contributed by atoms with van der Waals surface area (Å²) in [6, 6.07) is 22.7. The lowest BCUT2D eigenvalue weighted by atomic mass is 10.0. The quantitative estimate of drug-likeness (QED) is 0.252. The van der Waals surface area contributed by atoms with Crippen molar-refractivity contribution < 1.29 is 9.59 Å². The number of rotatable bonds is 10. The Labute approximate surface area is 241 Å². The number of aromatic nitrogens is 3. The number of piperazine rings is 1. The van der Waals surface area contributed by atoms with Gasteiger partial charge in [-0.3, -0.25) is 14.5 Å². The van der Waals surface area contributed by atoms with Gasteiger partial charge in [-0.1, -0.05) is 60.7 Å². The minimum absolute atomic E-state index is 0.0314. The highest BCUT2D eigenvalue weighted by molar-refractivity contribution is 6.00. The van der Waals surface area contributed by atoms with Gasteiger partial charge in [-0.25, -0.2) is 9.97 Å². The van der Waals surface area contributed by atoms with Gasteiger partial charge in [-0.2, -0.15) is 0 Å². The van der Waals surface area contributed by atoms with Crippen LogP contribution in [0.25, 0.3) is 22.4 Å². The number of anilines is 1. The molecule has 2 amide bonds. The lowest BCUT2D eigenvalue weighted by Gasteiger charge is -2.44. The highest BCUT2D eigenvalue weighted by atomic mass is 16.2. The number of nitrogens with zero attached hydrogens (tertiary/aromatic N) is 4. The fourth-order valence-electron chi connectivity index (χ4n) is 5.64. The summed E-state index contributed by atoms with van der Waals surface area (Å²) in [4.78, 5) is 42.3. The van der Waals surface area contributed by atoms with Gasteiger partial charge in [0, 0.05) is 50.7 Å². The van der Waals surface area contributed by atoms with Crippen LogP contribution in [0.2, 0.25) is 0 Å². The monoisotopic (exact) mass is 553 g/mol. The number of hydrogen-bond acceptors (Lipinski definition) is 6. The van der Waals surface area contributed by atoms with Crippen LogP contribution in [-0.4, -0.2) is 81.4 Å². The number of carbonyl (C=O) groups is 2. The van der Waals surface area contributed by atoms with E-state index in [4.69, 9.17) is 9.97 Å². The van der Waals surface area contributed by atoms with Crippen LogP contribution in [0.1, 0.15) is 43.2 Å². The fraction of sp³-hybridized carbons (Fsp3) is 0.375. The predicted octanol–water partition coefficient (Wildman–Crippen LogP) is 4.34. The number of nitrogens with one attached hydrogen (secondary N) is 3. The summed E-state index contributed by atoms with van der Waals surface area (Å²) in [6.07, 6.45) is 2.15. The molecule has 0 aliphatic carbocycles. The molecule has 41 heavy (non-hydrogen) atoms. The second-order valence-electron chi connectivity index (χ2n) is 10.9. The lowest BCUT2D eigenvalue weighted by molar-refractivity contribution is -0.118. The van der Waals surface area contributed by atoms with Crippen LogP contribution in [0, 0.1) is 0 Å². The number of aromatic amines is 1. The van der Waals surface area contributed by atoms with E-state index in [0.717, 1.165) is 30.3 Å². The van der Waals surface area contributed by atoms with Gasteiger partial charge in [0.25, 0.3) is 5.91 Å². The molecule has 3 heterocycles. The molecule has 0 saturated carbocycles. The van der Waals surface area contributed by atoms with Crippen molar-refractivity contribution in [3.63, 3.8) is 0 Å². The van der Waals surface area contributed by atoms with Gasteiger partial charge < -0.3 is 20.5 Å². The van der Waals surface area contributed by atoms with E-state index in [0.29, 0.717) is 49.2 Å². The Morgan fingerprint density at radius 2 is 1.63 bits per heavy atom. The van der Waals surface area contributed by atoms with E-state index in [1.807, 2.05) is 41.3 Å². The molecule has 0 radical (unpaired) electrons. The molecule has 214 valence electrons. The zero-order chi connectivity index (χ0) is 28.8. The van der Waals surface area contributed by atoms with Crippen LogP contribution >= 0.6 is 0 Å². The molecule has 1 saturated heterocycles. The maximum atomic E-state index is 13.7. The van der Waals surface area contributed by atoms with E-state index in [1.54, 1.807) is 0 Å². The van der Waals surface area contributed by atoms with Crippen molar-refractivity contribution in [2.75, 3.05) is 38.0 Å². The summed E-state index contributed by atoms with van der Waals surface area (Å²) in [5.41, 5.74) is 3.35. The van der Waals surface area contributed by atoms with Gasteiger partial charge >= 0.3 is 0 Å². The first-order valence-electron chi connectivity index (χ1n) is 14.4. The van der Waals surface area contributed by atoms with Crippen LogP contribution in [0.15, 0.2) is 66.7 Å². The van der Waals surface area contributed by atoms with Crippen molar-refractivity contribution in [3.8, 4) is 11.4 Å². The normalized spacial score (nSPS) is 17.5. The molecular formula is C32H39N7O2. The number of amides is 2. The lowest BCUT2D eigenvalue weighted by Crippen LogP contribution is -2.58. The molecule has 1 fully saturated rings. The van der Waals surface area contributed by atoms with Crippen molar-refractivity contribution in [3.05, 3.63) is 78.0 Å². The van der Waals surface area contributed by atoms with Crippen molar-refractivity contribution in [1.82, 2.24) is 30.1 Å². The molecule has 2 aromatic heterocycles. The van der Waals surface area contributed by atoms with E-state index < -0.39 is 0 Å². The molecule has 2 aromatic carbocycles. The second-order valence-corrected chi connectivity index (χ2v) is 10.9. The first-order valence-corrected chi connectivity index (χ1v) is 14.4. The van der Waals surface area contributed by atoms with E-state index in [9.17, 15) is 9.59 Å². The molecule has 0 unspecified atom stereocenters. The SMILES string of the molecule is CC(=O)NCCNc1nc(-c2ccccc2)nc2[nH]c(C(=O)N3C[C@@H](C)N(CCCc4ccccc4)[C@@H](C)C3)cc12. The largest absolute Gasteiger partial charge is 0.368 e. The third-order valence-electron chi connectivity index (χ3n) is 7.65. The highest BCUT2D eigenvalue weighted by Crippen LogP contribution is 2.27. The highest BCUT2D eigenvalue weighted by Gasteiger charge is 2.32. The zero-order valence-electron chi connectivity index (χ0n) is 24.1. The smallest absolute Gasteiger partial charge is 0.270 e. The molecule has 9 heteroatoms. The number of fused-ring (bicyclic) bond motifs is 1. The van der Waals surface area contributed by atoms with Crippen LogP contribution < -0.4 is 10.6 Å². The van der Waals surface area contributed by atoms with E-state index in [1.165, 1.54) is 12.5 Å². The molecule has 4 aromatic rings. The summed E-state index contributed by atoms with van der Waals surface area (Å²) < 4.78 is 0. The topological polar surface area (TPSA) is 106 Å². The van der Waals surface area contributed by atoms with Gasteiger partial charge in [0.15, 0.2) is 5.82 Å². The molecule has 9 nitrogen and oxygen atoms in total. The fourth-order valence-corrected chi connectivity index (χ4v) is 5.64.